The van der Waals surface area contributed by atoms with Gasteiger partial charge in [-0.15, -0.1) is 11.1 Å². The summed E-state index contributed by atoms with van der Waals surface area (Å²) in [4.78, 5) is 0. The first-order valence-electron chi connectivity index (χ1n) is 2.44. The van der Waals surface area contributed by atoms with Gasteiger partial charge >= 0.3 is 16.5 Å². The Balaban J connectivity index is 3.51. The van der Waals surface area contributed by atoms with E-state index in [4.69, 9.17) is 0 Å². The van der Waals surface area contributed by atoms with E-state index in [-0.39, 0.29) is 6.61 Å². The van der Waals surface area contributed by atoms with Crippen LogP contribution in [0.25, 0.3) is 0 Å². The SMILES string of the molecule is C=CCO[P+](=O)O[P+](=O)ON. The molecule has 0 saturated carbocycles. The van der Waals surface area contributed by atoms with Crippen molar-refractivity contribution in [3.8, 4) is 0 Å². The monoisotopic (exact) mass is 199 g/mol. The van der Waals surface area contributed by atoms with Crippen molar-refractivity contribution >= 4 is 16.5 Å². The van der Waals surface area contributed by atoms with Crippen molar-refractivity contribution in [2.75, 3.05) is 6.61 Å². The van der Waals surface area contributed by atoms with Gasteiger partial charge in [-0.1, -0.05) is 6.08 Å². The lowest BCUT2D eigenvalue weighted by Gasteiger charge is -1.74. The molecule has 0 aromatic rings. The fourth-order valence-electron chi connectivity index (χ4n) is 0.211. The Morgan fingerprint density at radius 2 is 2.09 bits per heavy atom. The van der Waals surface area contributed by atoms with Gasteiger partial charge in [-0.25, -0.2) is 0 Å². The van der Waals surface area contributed by atoms with E-state index in [1.54, 1.807) is 0 Å². The molecule has 0 bridgehead atoms. The zero-order chi connectivity index (χ0) is 8.69. The molecule has 11 heavy (non-hydrogen) atoms. The van der Waals surface area contributed by atoms with E-state index in [1.165, 1.54) is 6.08 Å². The van der Waals surface area contributed by atoms with E-state index in [9.17, 15) is 9.13 Å². The van der Waals surface area contributed by atoms with E-state index in [0.717, 1.165) is 0 Å². The molecule has 0 heterocycles. The summed E-state index contributed by atoms with van der Waals surface area (Å²) in [5, 5.41) is 0. The van der Waals surface area contributed by atoms with Gasteiger partial charge in [0.2, 0.25) is 0 Å². The maximum atomic E-state index is 10.5. The Morgan fingerprint density at radius 1 is 1.45 bits per heavy atom. The van der Waals surface area contributed by atoms with Crippen molar-refractivity contribution in [1.29, 1.82) is 0 Å². The van der Waals surface area contributed by atoms with Crippen LogP contribution in [0.2, 0.25) is 0 Å². The lowest BCUT2D eigenvalue weighted by Crippen LogP contribution is -1.88. The summed E-state index contributed by atoms with van der Waals surface area (Å²) in [7, 11) is -4.99. The Bertz CT molecular complexity index is 171. The summed E-state index contributed by atoms with van der Waals surface area (Å²) in [6, 6.07) is 0. The van der Waals surface area contributed by atoms with Crippen molar-refractivity contribution < 1.29 is 22.6 Å². The zero-order valence-corrected chi connectivity index (χ0v) is 7.29. The quantitative estimate of drug-likeness (QED) is 0.395. The second-order valence-corrected chi connectivity index (χ2v) is 3.24. The van der Waals surface area contributed by atoms with Crippen molar-refractivity contribution in [2.45, 2.75) is 0 Å². The van der Waals surface area contributed by atoms with Crippen LogP contribution in [-0.4, -0.2) is 6.61 Å². The third-order valence-electron chi connectivity index (χ3n) is 0.517. The second-order valence-electron chi connectivity index (χ2n) is 1.22. The fourth-order valence-corrected chi connectivity index (χ4v) is 1.22. The Morgan fingerprint density at radius 3 is 2.55 bits per heavy atom. The van der Waals surface area contributed by atoms with Gasteiger partial charge in [-0.3, -0.25) is 0 Å². The van der Waals surface area contributed by atoms with Crippen LogP contribution in [0, 0.1) is 0 Å². The Hall–Kier alpha value is -0.220. The molecule has 0 aromatic carbocycles. The average molecular weight is 199 g/mol. The van der Waals surface area contributed by atoms with E-state index in [2.05, 4.69) is 25.9 Å². The van der Waals surface area contributed by atoms with Crippen molar-refractivity contribution in [2.24, 2.45) is 5.90 Å². The maximum absolute atomic E-state index is 10.5. The van der Waals surface area contributed by atoms with Crippen LogP contribution in [-0.2, 0) is 22.6 Å². The molecule has 0 fully saturated rings. The minimum absolute atomic E-state index is 0.0446. The highest BCUT2D eigenvalue weighted by Crippen LogP contribution is 2.38. The normalized spacial score (nSPS) is 12.5. The number of nitrogens with two attached hydrogens (primary N) is 1. The average Bonchev–Trinajstić information content (AvgIpc) is 2.00. The van der Waals surface area contributed by atoms with Gasteiger partial charge in [0.05, 0.1) is 0 Å². The molecule has 0 aliphatic heterocycles. The number of hydrogen-bond donors (Lipinski definition) is 1. The van der Waals surface area contributed by atoms with Gasteiger partial charge in [0.15, 0.2) is 4.31 Å². The topological polar surface area (TPSA) is 87.8 Å². The maximum Gasteiger partial charge on any atom is 0.766 e. The van der Waals surface area contributed by atoms with Gasteiger partial charge in [-0.05, 0) is 4.62 Å². The van der Waals surface area contributed by atoms with Crippen molar-refractivity contribution in [3.63, 3.8) is 0 Å². The fraction of sp³-hybridized carbons (Fsp3) is 0.333. The predicted octanol–water partition coefficient (Wildman–Crippen LogP) is 1.41. The van der Waals surface area contributed by atoms with E-state index in [1.807, 2.05) is 0 Å². The third kappa shape index (κ3) is 6.19. The first-order chi connectivity index (χ1) is 5.20. The van der Waals surface area contributed by atoms with E-state index >= 15 is 0 Å². The Kier molecular flexibility index (Phi) is 6.36. The molecule has 6 nitrogen and oxygen atoms in total. The first kappa shape index (κ1) is 10.8. The molecule has 0 rings (SSSR count). The third-order valence-corrected chi connectivity index (χ3v) is 2.12. The molecule has 0 spiro atoms. The van der Waals surface area contributed by atoms with Crippen LogP contribution in [0.4, 0.5) is 0 Å². The van der Waals surface area contributed by atoms with Gasteiger partial charge < -0.3 is 0 Å². The zero-order valence-electron chi connectivity index (χ0n) is 5.50. The highest BCUT2D eigenvalue weighted by molar-refractivity contribution is 7.47. The largest absolute Gasteiger partial charge is 0.766 e. The summed E-state index contributed by atoms with van der Waals surface area (Å²) in [5.74, 6) is 4.44. The molecule has 2 N–H and O–H groups in total. The molecular weight excluding hydrogens is 192 g/mol. The first-order valence-corrected chi connectivity index (χ1v) is 4.63. The minimum atomic E-state index is -2.55. The number of hydrogen-bond acceptors (Lipinski definition) is 6. The molecule has 0 saturated heterocycles. The molecular formula is C3H7NO5P2+2. The van der Waals surface area contributed by atoms with Crippen LogP contribution < -0.4 is 5.90 Å². The van der Waals surface area contributed by atoms with Gasteiger partial charge in [-0.2, -0.15) is 5.90 Å². The predicted molar refractivity (Wildman–Crippen MR) is 37.7 cm³/mol. The lowest BCUT2D eigenvalue weighted by atomic mass is 10.7. The van der Waals surface area contributed by atoms with Crippen molar-refractivity contribution in [1.82, 2.24) is 0 Å². The van der Waals surface area contributed by atoms with E-state index < -0.39 is 16.5 Å². The highest BCUT2D eigenvalue weighted by atomic mass is 31.2. The second kappa shape index (κ2) is 6.49. The molecule has 8 heteroatoms. The van der Waals surface area contributed by atoms with Crippen LogP contribution >= 0.6 is 16.5 Å². The molecule has 0 aromatic heterocycles. The van der Waals surface area contributed by atoms with Crippen LogP contribution in [0.15, 0.2) is 12.7 Å². The van der Waals surface area contributed by atoms with Crippen LogP contribution in [0.1, 0.15) is 0 Å². The summed E-state index contributed by atoms with van der Waals surface area (Å²) in [6.07, 6.45) is 1.37. The summed E-state index contributed by atoms with van der Waals surface area (Å²) >= 11 is 0. The minimum Gasteiger partial charge on any atom is -0.162 e. The van der Waals surface area contributed by atoms with Gasteiger partial charge in [0, 0.05) is 9.13 Å². The van der Waals surface area contributed by atoms with Gasteiger partial charge in [0.1, 0.15) is 6.61 Å². The molecule has 2 atom stereocenters. The van der Waals surface area contributed by atoms with E-state index in [0.29, 0.717) is 0 Å². The summed E-state index contributed by atoms with van der Waals surface area (Å²) in [6.45, 7) is 3.34. The lowest BCUT2D eigenvalue weighted by molar-refractivity contribution is 0.270. The van der Waals surface area contributed by atoms with Crippen molar-refractivity contribution in [3.05, 3.63) is 12.7 Å². The van der Waals surface area contributed by atoms with Crippen LogP contribution in [0.5, 0.6) is 0 Å². The van der Waals surface area contributed by atoms with Crippen LogP contribution in [0.3, 0.4) is 0 Å². The molecule has 2 unspecified atom stereocenters. The standard InChI is InChI=1S/C3H7NO5P2/c1-2-3-7-10(5)9-11(6)8-4/h2H,1,3-4H2/q+2. The number of rotatable bonds is 6. The molecule has 0 aliphatic carbocycles. The smallest absolute Gasteiger partial charge is 0.162 e. The molecule has 62 valence electrons. The Labute approximate surface area is 65.2 Å². The molecule has 0 aliphatic rings. The summed E-state index contributed by atoms with van der Waals surface area (Å²) in [5.41, 5.74) is 0. The van der Waals surface area contributed by atoms with Gasteiger partial charge in [0.25, 0.3) is 0 Å². The molecule has 0 radical (unpaired) electrons. The molecule has 0 amide bonds. The summed E-state index contributed by atoms with van der Waals surface area (Å²) < 4.78 is 33.0. The highest BCUT2D eigenvalue weighted by Gasteiger charge is 2.39.